The van der Waals surface area contributed by atoms with Gasteiger partial charge in [0.05, 0.1) is 6.54 Å². The molecule has 1 aromatic heterocycles. The Morgan fingerprint density at radius 2 is 2.26 bits per heavy atom. The van der Waals surface area contributed by atoms with Gasteiger partial charge in [-0.2, -0.15) is 5.10 Å². The molecule has 0 radical (unpaired) electrons. The van der Waals surface area contributed by atoms with Gasteiger partial charge >= 0.3 is 6.03 Å². The Morgan fingerprint density at radius 3 is 3.04 bits per heavy atom. The smallest absolute Gasteiger partial charge is 0.318 e. The summed E-state index contributed by atoms with van der Waals surface area (Å²) in [6.07, 6.45) is 7.10. The Kier molecular flexibility index (Phi) is 4.57. The normalized spacial score (nSPS) is 17.5. The molecule has 2 amide bonds. The Labute approximate surface area is 135 Å². The van der Waals surface area contributed by atoms with Crippen LogP contribution in [-0.2, 0) is 0 Å². The number of terminal acetylenes is 1. The molecule has 2 N–H and O–H groups in total. The predicted octanol–water partition coefficient (Wildman–Crippen LogP) is 1.99. The number of hydrogen-bond donors (Lipinski definition) is 2. The molecule has 6 nitrogen and oxygen atoms in total. The van der Waals surface area contributed by atoms with Gasteiger partial charge in [0.1, 0.15) is 5.82 Å². The molecule has 2 aromatic rings. The van der Waals surface area contributed by atoms with Crippen molar-refractivity contribution in [1.29, 1.82) is 0 Å². The van der Waals surface area contributed by atoms with Gasteiger partial charge < -0.3 is 10.2 Å². The van der Waals surface area contributed by atoms with Crippen molar-refractivity contribution in [2.75, 3.05) is 19.6 Å². The number of urea groups is 1. The van der Waals surface area contributed by atoms with E-state index in [1.54, 1.807) is 4.90 Å². The molecule has 0 spiro atoms. The third-order valence-corrected chi connectivity index (χ3v) is 3.97. The van der Waals surface area contributed by atoms with Gasteiger partial charge in [-0.1, -0.05) is 36.3 Å². The number of aromatic amines is 1. The summed E-state index contributed by atoms with van der Waals surface area (Å²) < 4.78 is 0. The van der Waals surface area contributed by atoms with E-state index in [2.05, 4.69) is 26.4 Å². The molecule has 0 saturated carbocycles. The molecule has 1 atom stereocenters. The second-order valence-corrected chi connectivity index (χ2v) is 5.56. The van der Waals surface area contributed by atoms with Gasteiger partial charge in [-0.15, -0.1) is 6.42 Å². The number of nitrogens with one attached hydrogen (secondary N) is 2. The lowest BCUT2D eigenvalue weighted by molar-refractivity contribution is 0.179. The number of carbonyl (C=O) groups is 1. The van der Waals surface area contributed by atoms with Crippen LogP contribution in [0.4, 0.5) is 4.79 Å². The molecule has 1 aliphatic heterocycles. The van der Waals surface area contributed by atoms with Crippen LogP contribution in [0.15, 0.2) is 30.3 Å². The molecule has 1 fully saturated rings. The van der Waals surface area contributed by atoms with Crippen molar-refractivity contribution in [2.24, 2.45) is 0 Å². The number of nitrogens with zero attached hydrogens (tertiary/aromatic N) is 3. The van der Waals surface area contributed by atoms with Gasteiger partial charge in [0, 0.05) is 24.6 Å². The van der Waals surface area contributed by atoms with Gasteiger partial charge in [0.15, 0.2) is 5.82 Å². The molecule has 2 heterocycles. The molecule has 0 aliphatic carbocycles. The summed E-state index contributed by atoms with van der Waals surface area (Å²) in [6, 6.07) is 9.73. The number of benzene rings is 1. The maximum Gasteiger partial charge on any atom is 0.318 e. The second-order valence-electron chi connectivity index (χ2n) is 5.56. The molecule has 1 saturated heterocycles. The first-order valence-corrected chi connectivity index (χ1v) is 7.72. The van der Waals surface area contributed by atoms with Gasteiger partial charge in [-0.3, -0.25) is 5.10 Å². The van der Waals surface area contributed by atoms with Crippen molar-refractivity contribution in [3.8, 4) is 23.7 Å². The lowest BCUT2D eigenvalue weighted by Crippen LogP contribution is -2.45. The molecule has 6 heteroatoms. The molecular weight excluding hydrogens is 290 g/mol. The van der Waals surface area contributed by atoms with Gasteiger partial charge in [-0.05, 0) is 12.8 Å². The van der Waals surface area contributed by atoms with Gasteiger partial charge in [-0.25, -0.2) is 9.78 Å². The largest absolute Gasteiger partial charge is 0.327 e. The SMILES string of the molecule is C#CCNC(=O)N1CCC[C@@H](c2nc(-c3ccccc3)n[nH]2)C1. The maximum atomic E-state index is 12.0. The van der Waals surface area contributed by atoms with Crippen molar-refractivity contribution in [3.05, 3.63) is 36.2 Å². The minimum Gasteiger partial charge on any atom is -0.327 e. The molecule has 3 rings (SSSR count). The van der Waals surface area contributed by atoms with E-state index in [1.165, 1.54) is 0 Å². The summed E-state index contributed by atoms with van der Waals surface area (Å²) in [6.45, 7) is 1.62. The van der Waals surface area contributed by atoms with Crippen LogP contribution in [0.1, 0.15) is 24.6 Å². The van der Waals surface area contributed by atoms with E-state index in [4.69, 9.17) is 6.42 Å². The highest BCUT2D eigenvalue weighted by atomic mass is 16.2. The summed E-state index contributed by atoms with van der Waals surface area (Å²) in [5, 5.41) is 10.0. The average Bonchev–Trinajstić information content (AvgIpc) is 3.11. The van der Waals surface area contributed by atoms with E-state index < -0.39 is 0 Å². The number of amides is 2. The third kappa shape index (κ3) is 3.51. The fourth-order valence-electron chi connectivity index (χ4n) is 2.80. The molecule has 0 bridgehead atoms. The van der Waals surface area contributed by atoms with Crippen LogP contribution in [0.2, 0.25) is 0 Å². The fourth-order valence-corrected chi connectivity index (χ4v) is 2.80. The van der Waals surface area contributed by atoms with E-state index in [0.29, 0.717) is 12.4 Å². The van der Waals surface area contributed by atoms with E-state index in [1.807, 2.05) is 30.3 Å². The van der Waals surface area contributed by atoms with Crippen LogP contribution in [0.25, 0.3) is 11.4 Å². The number of likely N-dealkylation sites (tertiary alicyclic amines) is 1. The average molecular weight is 309 g/mol. The zero-order valence-corrected chi connectivity index (χ0v) is 12.8. The highest BCUT2D eigenvalue weighted by Gasteiger charge is 2.26. The molecule has 0 unspecified atom stereocenters. The molecule has 118 valence electrons. The lowest BCUT2D eigenvalue weighted by Gasteiger charge is -2.31. The van der Waals surface area contributed by atoms with Gasteiger partial charge in [0.25, 0.3) is 0 Å². The van der Waals surface area contributed by atoms with Crippen LogP contribution in [0.5, 0.6) is 0 Å². The topological polar surface area (TPSA) is 73.9 Å². The first-order chi connectivity index (χ1) is 11.3. The zero-order valence-electron chi connectivity index (χ0n) is 12.8. The Hall–Kier alpha value is -2.81. The minimum absolute atomic E-state index is 0.115. The van der Waals surface area contributed by atoms with Crippen LogP contribution in [0.3, 0.4) is 0 Å². The molecule has 1 aromatic carbocycles. The number of rotatable bonds is 3. The van der Waals surface area contributed by atoms with Crippen LogP contribution >= 0.6 is 0 Å². The predicted molar refractivity (Wildman–Crippen MR) is 87.6 cm³/mol. The summed E-state index contributed by atoms with van der Waals surface area (Å²) >= 11 is 0. The van der Waals surface area contributed by atoms with Crippen LogP contribution in [-0.4, -0.2) is 45.7 Å². The number of hydrogen-bond acceptors (Lipinski definition) is 3. The van der Waals surface area contributed by atoms with Crippen molar-refractivity contribution < 1.29 is 4.79 Å². The summed E-state index contributed by atoms with van der Waals surface area (Å²) in [5.74, 6) is 4.11. The number of H-pyrrole nitrogens is 1. The van der Waals surface area contributed by atoms with Crippen molar-refractivity contribution in [2.45, 2.75) is 18.8 Å². The highest BCUT2D eigenvalue weighted by Crippen LogP contribution is 2.26. The van der Waals surface area contributed by atoms with Crippen molar-refractivity contribution in [1.82, 2.24) is 25.4 Å². The standard InChI is InChI=1S/C17H19N5O/c1-2-10-18-17(23)22-11-6-9-14(12-22)16-19-15(20-21-16)13-7-4-3-5-8-13/h1,3-5,7-8,14H,6,9-12H2,(H,18,23)(H,19,20,21)/t14-/m1/s1. The minimum atomic E-state index is -0.115. The Bertz CT molecular complexity index is 703. The van der Waals surface area contributed by atoms with Crippen molar-refractivity contribution >= 4 is 6.03 Å². The second kappa shape index (κ2) is 6.97. The Balaban J connectivity index is 1.69. The Morgan fingerprint density at radius 1 is 1.43 bits per heavy atom. The van der Waals surface area contributed by atoms with Crippen molar-refractivity contribution in [3.63, 3.8) is 0 Å². The van der Waals surface area contributed by atoms with E-state index >= 15 is 0 Å². The maximum absolute atomic E-state index is 12.0. The summed E-state index contributed by atoms with van der Waals surface area (Å²) in [7, 11) is 0. The van der Waals surface area contributed by atoms with E-state index in [-0.39, 0.29) is 18.5 Å². The quantitative estimate of drug-likeness (QED) is 0.852. The van der Waals surface area contributed by atoms with E-state index in [9.17, 15) is 4.79 Å². The fraction of sp³-hybridized carbons (Fsp3) is 0.353. The van der Waals surface area contributed by atoms with Gasteiger partial charge in [0.2, 0.25) is 0 Å². The van der Waals surface area contributed by atoms with Crippen LogP contribution < -0.4 is 5.32 Å². The molecule has 23 heavy (non-hydrogen) atoms. The summed E-state index contributed by atoms with van der Waals surface area (Å²) in [4.78, 5) is 18.4. The first-order valence-electron chi connectivity index (χ1n) is 7.72. The van der Waals surface area contributed by atoms with Crippen LogP contribution in [0, 0.1) is 12.3 Å². The first kappa shape index (κ1) is 15.1. The highest BCUT2D eigenvalue weighted by molar-refractivity contribution is 5.74. The summed E-state index contributed by atoms with van der Waals surface area (Å²) in [5.41, 5.74) is 0.981. The monoisotopic (exact) mass is 309 g/mol. The number of aromatic nitrogens is 3. The number of carbonyl (C=O) groups excluding carboxylic acids is 1. The number of piperidine rings is 1. The zero-order chi connectivity index (χ0) is 16.1. The molecule has 1 aliphatic rings. The van der Waals surface area contributed by atoms with E-state index in [0.717, 1.165) is 30.8 Å². The molecular formula is C17H19N5O. The lowest BCUT2D eigenvalue weighted by atomic mass is 9.97. The third-order valence-electron chi connectivity index (χ3n) is 3.97.